The van der Waals surface area contributed by atoms with Gasteiger partial charge in [-0.05, 0) is 6.92 Å². The van der Waals surface area contributed by atoms with Crippen LogP contribution < -0.4 is 10.6 Å². The lowest BCUT2D eigenvalue weighted by Gasteiger charge is -2.30. The van der Waals surface area contributed by atoms with Crippen LogP contribution in [0.1, 0.15) is 6.92 Å². The molecule has 0 aromatic rings. The highest BCUT2D eigenvalue weighted by Crippen LogP contribution is 1.97. The number of ether oxygens (including phenoxy) is 1. The molecule has 2 N–H and O–H groups in total. The normalized spacial score (nSPS) is 22.1. The minimum absolute atomic E-state index is 0.237. The highest BCUT2D eigenvalue weighted by Gasteiger charge is 2.18. The molecular formula is C9H17N3O3. The van der Waals surface area contributed by atoms with Gasteiger partial charge in [-0.15, -0.1) is 0 Å². The van der Waals surface area contributed by atoms with Crippen LogP contribution >= 0.6 is 0 Å². The lowest BCUT2D eigenvalue weighted by Crippen LogP contribution is -2.52. The van der Waals surface area contributed by atoms with Gasteiger partial charge < -0.3 is 10.1 Å². The van der Waals surface area contributed by atoms with Crippen molar-refractivity contribution in [2.75, 3.05) is 33.3 Å². The molecule has 0 bridgehead atoms. The molecule has 1 heterocycles. The number of rotatable bonds is 2. The number of carbonyl (C=O) groups is 2. The third-order valence-corrected chi connectivity index (χ3v) is 2.25. The van der Waals surface area contributed by atoms with E-state index < -0.39 is 6.09 Å². The van der Waals surface area contributed by atoms with Gasteiger partial charge in [0.15, 0.2) is 0 Å². The van der Waals surface area contributed by atoms with Gasteiger partial charge >= 0.3 is 6.09 Å². The number of imide groups is 1. The average Bonchev–Trinajstić information content (AvgIpc) is 2.17. The molecule has 0 aromatic heterocycles. The molecule has 1 fully saturated rings. The van der Waals surface area contributed by atoms with Crippen LogP contribution in [-0.4, -0.2) is 56.2 Å². The van der Waals surface area contributed by atoms with Gasteiger partial charge in [-0.1, -0.05) is 0 Å². The van der Waals surface area contributed by atoms with E-state index in [9.17, 15) is 9.59 Å². The zero-order valence-electron chi connectivity index (χ0n) is 9.08. The SMILES string of the molecule is COC(=O)NC(=O)CN1CCNC(C)C1. The van der Waals surface area contributed by atoms with E-state index in [1.165, 1.54) is 7.11 Å². The topological polar surface area (TPSA) is 70.7 Å². The van der Waals surface area contributed by atoms with Crippen LogP contribution in [0.4, 0.5) is 4.79 Å². The van der Waals surface area contributed by atoms with Gasteiger partial charge in [0.05, 0.1) is 13.7 Å². The van der Waals surface area contributed by atoms with Crippen LogP contribution in [0.3, 0.4) is 0 Å². The van der Waals surface area contributed by atoms with Gasteiger partial charge in [0, 0.05) is 25.7 Å². The number of methoxy groups -OCH3 is 1. The fourth-order valence-electron chi connectivity index (χ4n) is 1.56. The molecule has 6 heteroatoms. The van der Waals surface area contributed by atoms with E-state index in [1.807, 2.05) is 4.90 Å². The fourth-order valence-corrected chi connectivity index (χ4v) is 1.56. The second-order valence-electron chi connectivity index (χ2n) is 3.63. The minimum atomic E-state index is -0.705. The summed E-state index contributed by atoms with van der Waals surface area (Å²) in [6, 6.07) is 0.379. The van der Waals surface area contributed by atoms with Gasteiger partial charge in [-0.3, -0.25) is 15.0 Å². The van der Waals surface area contributed by atoms with Crippen molar-refractivity contribution in [3.8, 4) is 0 Å². The van der Waals surface area contributed by atoms with Gasteiger partial charge in [0.1, 0.15) is 0 Å². The highest BCUT2D eigenvalue weighted by atomic mass is 16.5. The summed E-state index contributed by atoms with van der Waals surface area (Å²) in [5, 5.41) is 5.40. The summed E-state index contributed by atoms with van der Waals surface area (Å²) in [6.45, 7) is 4.80. The Morgan fingerprint density at radius 2 is 2.33 bits per heavy atom. The third-order valence-electron chi connectivity index (χ3n) is 2.25. The Hall–Kier alpha value is -1.14. The van der Waals surface area contributed by atoms with Gasteiger partial charge in [0.25, 0.3) is 0 Å². The number of hydrogen-bond acceptors (Lipinski definition) is 5. The molecule has 1 unspecified atom stereocenters. The van der Waals surface area contributed by atoms with Gasteiger partial charge in [-0.2, -0.15) is 0 Å². The largest absolute Gasteiger partial charge is 0.453 e. The van der Waals surface area contributed by atoms with Crippen molar-refractivity contribution in [2.24, 2.45) is 0 Å². The van der Waals surface area contributed by atoms with E-state index in [1.54, 1.807) is 0 Å². The molecule has 1 saturated heterocycles. The molecule has 1 atom stereocenters. The molecule has 2 amide bonds. The second kappa shape index (κ2) is 5.67. The maximum Gasteiger partial charge on any atom is 0.413 e. The Kier molecular flexibility index (Phi) is 4.51. The van der Waals surface area contributed by atoms with E-state index in [4.69, 9.17) is 0 Å². The molecule has 0 saturated carbocycles. The molecule has 1 aliphatic rings. The standard InChI is InChI=1S/C9H17N3O3/c1-7-5-12(4-3-10-7)6-8(13)11-9(14)15-2/h7,10H,3-6H2,1-2H3,(H,11,13,14). The summed E-state index contributed by atoms with van der Waals surface area (Å²) in [5.74, 6) is -0.323. The van der Waals surface area contributed by atoms with Gasteiger partial charge in [0.2, 0.25) is 5.91 Å². The van der Waals surface area contributed by atoms with Crippen molar-refractivity contribution in [3.63, 3.8) is 0 Å². The molecule has 6 nitrogen and oxygen atoms in total. The van der Waals surface area contributed by atoms with E-state index in [0.717, 1.165) is 19.6 Å². The fraction of sp³-hybridized carbons (Fsp3) is 0.778. The quantitative estimate of drug-likeness (QED) is 0.628. The smallest absolute Gasteiger partial charge is 0.413 e. The number of carbonyl (C=O) groups excluding carboxylic acids is 2. The molecule has 1 rings (SSSR count). The summed E-state index contributed by atoms with van der Waals surface area (Å²) < 4.78 is 4.33. The first-order chi connectivity index (χ1) is 7.11. The van der Waals surface area contributed by atoms with Crippen LogP contribution in [0.25, 0.3) is 0 Å². The maximum atomic E-state index is 11.3. The summed E-state index contributed by atoms with van der Waals surface area (Å²) in [5.41, 5.74) is 0. The van der Waals surface area contributed by atoms with Crippen molar-refractivity contribution in [2.45, 2.75) is 13.0 Å². The van der Waals surface area contributed by atoms with Crippen molar-refractivity contribution in [3.05, 3.63) is 0 Å². The van der Waals surface area contributed by atoms with E-state index in [0.29, 0.717) is 6.04 Å². The Morgan fingerprint density at radius 3 is 2.93 bits per heavy atom. The van der Waals surface area contributed by atoms with Crippen LogP contribution in [0.2, 0.25) is 0 Å². The molecule has 15 heavy (non-hydrogen) atoms. The number of hydrogen-bond donors (Lipinski definition) is 2. The molecule has 86 valence electrons. The molecule has 1 aliphatic heterocycles. The zero-order chi connectivity index (χ0) is 11.3. The maximum absolute atomic E-state index is 11.3. The summed E-state index contributed by atoms with van der Waals surface area (Å²) in [7, 11) is 1.23. The number of amides is 2. The van der Waals surface area contributed by atoms with Crippen molar-refractivity contribution < 1.29 is 14.3 Å². The van der Waals surface area contributed by atoms with Crippen LogP contribution in [0.15, 0.2) is 0 Å². The zero-order valence-corrected chi connectivity index (χ0v) is 9.08. The third kappa shape index (κ3) is 4.26. The Labute approximate surface area is 88.9 Å². The number of piperazine rings is 1. The number of nitrogens with zero attached hydrogens (tertiary/aromatic N) is 1. The van der Waals surface area contributed by atoms with Crippen molar-refractivity contribution in [1.29, 1.82) is 0 Å². The molecule has 0 aliphatic carbocycles. The lowest BCUT2D eigenvalue weighted by molar-refractivity contribution is -0.121. The molecule has 0 aromatic carbocycles. The van der Waals surface area contributed by atoms with E-state index in [-0.39, 0.29) is 12.5 Å². The van der Waals surface area contributed by atoms with Crippen LogP contribution in [-0.2, 0) is 9.53 Å². The monoisotopic (exact) mass is 215 g/mol. The number of nitrogens with one attached hydrogen (secondary N) is 2. The van der Waals surface area contributed by atoms with E-state index in [2.05, 4.69) is 22.3 Å². The molecule has 0 radical (unpaired) electrons. The average molecular weight is 215 g/mol. The predicted octanol–water partition coefficient (Wildman–Crippen LogP) is -0.837. The summed E-state index contributed by atoms with van der Waals surface area (Å²) >= 11 is 0. The van der Waals surface area contributed by atoms with Crippen molar-refractivity contribution >= 4 is 12.0 Å². The second-order valence-corrected chi connectivity index (χ2v) is 3.63. The van der Waals surface area contributed by atoms with Crippen molar-refractivity contribution in [1.82, 2.24) is 15.5 Å². The first-order valence-electron chi connectivity index (χ1n) is 4.95. The van der Waals surface area contributed by atoms with Crippen LogP contribution in [0, 0.1) is 0 Å². The highest BCUT2D eigenvalue weighted by molar-refractivity contribution is 5.92. The lowest BCUT2D eigenvalue weighted by atomic mass is 10.2. The first-order valence-corrected chi connectivity index (χ1v) is 4.95. The summed E-state index contributed by atoms with van der Waals surface area (Å²) in [4.78, 5) is 24.1. The first kappa shape index (κ1) is 11.9. The minimum Gasteiger partial charge on any atom is -0.453 e. The Bertz CT molecular complexity index is 245. The molecular weight excluding hydrogens is 198 g/mol. The predicted molar refractivity (Wildman–Crippen MR) is 54.5 cm³/mol. The van der Waals surface area contributed by atoms with Crippen LogP contribution in [0.5, 0.6) is 0 Å². The Balaban J connectivity index is 2.27. The van der Waals surface area contributed by atoms with Gasteiger partial charge in [-0.25, -0.2) is 4.79 Å². The van der Waals surface area contributed by atoms with E-state index >= 15 is 0 Å². The Morgan fingerprint density at radius 1 is 1.60 bits per heavy atom. The number of alkyl carbamates (subject to hydrolysis) is 1. The molecule has 0 spiro atoms. The summed E-state index contributed by atoms with van der Waals surface area (Å²) in [6.07, 6.45) is -0.705.